The van der Waals surface area contributed by atoms with E-state index in [0.29, 0.717) is 32.6 Å². The normalized spacial score (nSPS) is 36.1. The van der Waals surface area contributed by atoms with Gasteiger partial charge in [-0.2, -0.15) is 0 Å². The van der Waals surface area contributed by atoms with Crippen LogP contribution in [0.3, 0.4) is 0 Å². The van der Waals surface area contributed by atoms with Crippen molar-refractivity contribution in [1.82, 2.24) is 14.7 Å². The summed E-state index contributed by atoms with van der Waals surface area (Å²) in [5.74, 6) is -1.33. The number of amides is 3. The average Bonchev–Trinajstić information content (AvgIpc) is 2.99. The van der Waals surface area contributed by atoms with Crippen LogP contribution in [-0.2, 0) is 14.4 Å². The molecule has 182 valence electrons. The molecule has 4 aliphatic heterocycles. The lowest BCUT2D eigenvalue weighted by Crippen LogP contribution is -2.57. The highest BCUT2D eigenvalue weighted by atomic mass is 32.2. The predicted octanol–water partition coefficient (Wildman–Crippen LogP) is 2.06. The van der Waals surface area contributed by atoms with E-state index in [0.717, 1.165) is 6.42 Å². The van der Waals surface area contributed by atoms with E-state index in [1.54, 1.807) is 16.7 Å². The molecular formula is C25H37N3O4S. The van der Waals surface area contributed by atoms with Gasteiger partial charge < -0.3 is 19.8 Å². The van der Waals surface area contributed by atoms with Crippen LogP contribution in [0.15, 0.2) is 24.3 Å². The number of aliphatic hydroxyl groups is 1. The molecule has 33 heavy (non-hydrogen) atoms. The number of hydrogen-bond donors (Lipinski definition) is 1. The molecule has 8 heteroatoms. The zero-order chi connectivity index (χ0) is 24.2. The molecule has 1 unspecified atom stereocenters. The number of thioether (sulfide) groups is 1. The van der Waals surface area contributed by atoms with E-state index in [4.69, 9.17) is 0 Å². The van der Waals surface area contributed by atoms with Crippen molar-refractivity contribution in [3.05, 3.63) is 24.3 Å². The van der Waals surface area contributed by atoms with Gasteiger partial charge in [-0.3, -0.25) is 14.4 Å². The van der Waals surface area contributed by atoms with E-state index in [9.17, 15) is 19.5 Å². The summed E-state index contributed by atoms with van der Waals surface area (Å²) in [6.07, 6.45) is 9.46. The second kappa shape index (κ2) is 8.45. The summed E-state index contributed by atoms with van der Waals surface area (Å²) >= 11 is 1.61. The second-order valence-electron chi connectivity index (χ2n) is 10.8. The van der Waals surface area contributed by atoms with Crippen molar-refractivity contribution in [2.45, 2.75) is 68.5 Å². The first-order valence-corrected chi connectivity index (χ1v) is 12.9. The molecule has 7 nitrogen and oxygen atoms in total. The molecule has 1 N–H and O–H groups in total. The molecule has 0 aromatic rings. The van der Waals surface area contributed by atoms with Crippen LogP contribution >= 0.6 is 11.8 Å². The summed E-state index contributed by atoms with van der Waals surface area (Å²) in [5, 5.41) is 9.49. The van der Waals surface area contributed by atoms with Crippen LogP contribution in [0.5, 0.6) is 0 Å². The van der Waals surface area contributed by atoms with Gasteiger partial charge in [0.25, 0.3) is 0 Å². The minimum Gasteiger partial charge on any atom is -0.396 e. The molecule has 0 aromatic heterocycles. The van der Waals surface area contributed by atoms with Crippen LogP contribution in [0.2, 0.25) is 0 Å². The molecule has 4 aliphatic rings. The standard InChI is InChI=1S/C25H37N3O4S/c1-6-12-26-13-7-10-24(5)17(20(26)30)18-21(31)27(14-9-16-29)19-22(32)28(23(2,3)4)15-8-11-25(18,19)33-24/h7-8,10-11,17-19,29H,6,9,12-16H2,1-5H3/t17-,18+,19?,24+,25+/m1/s1. The SMILES string of the molecule is CCCN1CC=C[C@]2(C)S[C@]34C=CCN(C(C)(C)C)C(=O)C3N(CCCO)C(=O)[C@@H]4[C@@H]2C1=O. The molecule has 0 aromatic carbocycles. The van der Waals surface area contributed by atoms with Gasteiger partial charge in [-0.15, -0.1) is 11.8 Å². The van der Waals surface area contributed by atoms with E-state index >= 15 is 0 Å². The fraction of sp³-hybridized carbons (Fsp3) is 0.720. The van der Waals surface area contributed by atoms with Crippen LogP contribution in [0.1, 0.15) is 47.5 Å². The molecule has 0 aliphatic carbocycles. The Hall–Kier alpha value is -1.80. The highest BCUT2D eigenvalue weighted by molar-refractivity contribution is 8.02. The summed E-state index contributed by atoms with van der Waals surface area (Å²) in [5.41, 5.74) is -0.401. The molecule has 0 saturated carbocycles. The number of nitrogens with zero attached hydrogens (tertiary/aromatic N) is 3. The first-order chi connectivity index (χ1) is 15.5. The topological polar surface area (TPSA) is 81.2 Å². The Balaban J connectivity index is 1.86. The molecule has 0 radical (unpaired) electrons. The van der Waals surface area contributed by atoms with Crippen molar-refractivity contribution in [1.29, 1.82) is 0 Å². The van der Waals surface area contributed by atoms with Crippen molar-refractivity contribution in [2.75, 3.05) is 32.8 Å². The van der Waals surface area contributed by atoms with E-state index in [1.807, 2.05) is 56.6 Å². The monoisotopic (exact) mass is 475 g/mol. The molecule has 5 atom stereocenters. The summed E-state index contributed by atoms with van der Waals surface area (Å²) < 4.78 is -1.37. The lowest BCUT2D eigenvalue weighted by Gasteiger charge is -2.41. The Bertz CT molecular complexity index is 897. The fourth-order valence-corrected chi connectivity index (χ4v) is 8.29. The molecule has 0 bridgehead atoms. The zero-order valence-electron chi connectivity index (χ0n) is 20.4. The predicted molar refractivity (Wildman–Crippen MR) is 130 cm³/mol. The third-order valence-electron chi connectivity index (χ3n) is 7.50. The Labute approximate surface area is 201 Å². The largest absolute Gasteiger partial charge is 0.396 e. The maximum atomic E-state index is 14.1. The van der Waals surface area contributed by atoms with Gasteiger partial charge in [0, 0.05) is 43.1 Å². The lowest BCUT2D eigenvalue weighted by molar-refractivity contribution is -0.146. The van der Waals surface area contributed by atoms with E-state index in [-0.39, 0.29) is 24.3 Å². The number of fused-ring (bicyclic) bond motifs is 2. The van der Waals surface area contributed by atoms with Crippen molar-refractivity contribution >= 4 is 29.5 Å². The first-order valence-electron chi connectivity index (χ1n) is 12.1. The van der Waals surface area contributed by atoms with Crippen molar-refractivity contribution < 1.29 is 19.5 Å². The molecule has 2 saturated heterocycles. The van der Waals surface area contributed by atoms with E-state index in [1.165, 1.54) is 0 Å². The molecule has 2 fully saturated rings. The summed E-state index contributed by atoms with van der Waals surface area (Å²) in [6, 6.07) is -0.686. The van der Waals surface area contributed by atoms with Gasteiger partial charge in [0.15, 0.2) is 0 Å². The Kier molecular flexibility index (Phi) is 6.23. The van der Waals surface area contributed by atoms with Gasteiger partial charge in [-0.05, 0) is 40.5 Å². The molecule has 3 amide bonds. The van der Waals surface area contributed by atoms with Gasteiger partial charge in [0.2, 0.25) is 17.7 Å². The van der Waals surface area contributed by atoms with Crippen molar-refractivity contribution in [3.8, 4) is 0 Å². The highest BCUT2D eigenvalue weighted by Crippen LogP contribution is 2.65. The number of likely N-dealkylation sites (tertiary alicyclic amines) is 1. The summed E-state index contributed by atoms with van der Waals surface area (Å²) in [4.78, 5) is 47.3. The van der Waals surface area contributed by atoms with Gasteiger partial charge in [-0.1, -0.05) is 31.2 Å². The van der Waals surface area contributed by atoms with Crippen LogP contribution in [0, 0.1) is 11.8 Å². The second-order valence-corrected chi connectivity index (χ2v) is 12.6. The van der Waals surface area contributed by atoms with Crippen LogP contribution in [0.4, 0.5) is 0 Å². The lowest BCUT2D eigenvalue weighted by atomic mass is 9.74. The highest BCUT2D eigenvalue weighted by Gasteiger charge is 2.74. The third-order valence-corrected chi connectivity index (χ3v) is 9.30. The van der Waals surface area contributed by atoms with E-state index < -0.39 is 32.9 Å². The Morgan fingerprint density at radius 1 is 1.03 bits per heavy atom. The summed E-state index contributed by atoms with van der Waals surface area (Å²) in [7, 11) is 0. The van der Waals surface area contributed by atoms with Crippen molar-refractivity contribution in [3.63, 3.8) is 0 Å². The van der Waals surface area contributed by atoms with Gasteiger partial charge in [0.05, 0.1) is 16.6 Å². The van der Waals surface area contributed by atoms with Crippen LogP contribution < -0.4 is 0 Å². The number of carbonyl (C=O) groups excluding carboxylic acids is 3. The smallest absolute Gasteiger partial charge is 0.247 e. The molecule has 4 heterocycles. The maximum Gasteiger partial charge on any atom is 0.247 e. The van der Waals surface area contributed by atoms with Gasteiger partial charge >= 0.3 is 0 Å². The van der Waals surface area contributed by atoms with Crippen molar-refractivity contribution in [2.24, 2.45) is 11.8 Å². The van der Waals surface area contributed by atoms with Crippen LogP contribution in [0.25, 0.3) is 0 Å². The Morgan fingerprint density at radius 3 is 2.36 bits per heavy atom. The van der Waals surface area contributed by atoms with Crippen LogP contribution in [-0.4, -0.2) is 91.4 Å². The number of carbonyl (C=O) groups is 3. The minimum absolute atomic E-state index is 0.00704. The fourth-order valence-electron chi connectivity index (χ4n) is 6.13. The quantitative estimate of drug-likeness (QED) is 0.616. The summed E-state index contributed by atoms with van der Waals surface area (Å²) in [6.45, 7) is 12.0. The molecule has 1 spiro atoms. The van der Waals surface area contributed by atoms with E-state index in [2.05, 4.69) is 12.2 Å². The number of rotatable bonds is 5. The molecule has 4 rings (SSSR count). The maximum absolute atomic E-state index is 14.1. The minimum atomic E-state index is -0.807. The molecular weight excluding hydrogens is 438 g/mol. The Morgan fingerprint density at radius 2 is 1.73 bits per heavy atom. The number of aliphatic hydroxyl groups excluding tert-OH is 1. The average molecular weight is 476 g/mol. The third kappa shape index (κ3) is 3.64. The first kappa shape index (κ1) is 24.3. The number of hydrogen-bond acceptors (Lipinski definition) is 5. The zero-order valence-corrected chi connectivity index (χ0v) is 21.2. The van der Waals surface area contributed by atoms with Gasteiger partial charge in [-0.25, -0.2) is 0 Å². The van der Waals surface area contributed by atoms with Gasteiger partial charge in [0.1, 0.15) is 6.04 Å².